The molecule has 0 aromatic rings. The fourth-order valence-electron chi connectivity index (χ4n) is 1.98. The summed E-state index contributed by atoms with van der Waals surface area (Å²) in [6.07, 6.45) is 4.24. The number of primary amides is 1. The van der Waals surface area contributed by atoms with Crippen LogP contribution in [0.25, 0.3) is 0 Å². The average Bonchev–Trinajstić information content (AvgIpc) is 2.27. The molecule has 0 aliphatic carbocycles. The lowest BCUT2D eigenvalue weighted by atomic mass is 9.79. The molecule has 0 atom stereocenters. The van der Waals surface area contributed by atoms with Gasteiger partial charge in [-0.05, 0) is 38.9 Å². The Hall–Kier alpha value is -0.900. The van der Waals surface area contributed by atoms with Gasteiger partial charge in [-0.3, -0.25) is 4.79 Å². The number of nitrogens with two attached hydrogens (primary N) is 1. The van der Waals surface area contributed by atoms with E-state index < -0.39 is 11.3 Å². The van der Waals surface area contributed by atoms with Crippen LogP contribution in [0.15, 0.2) is 0 Å². The summed E-state index contributed by atoms with van der Waals surface area (Å²) in [4.78, 5) is 24.4. The molecule has 0 bridgehead atoms. The lowest BCUT2D eigenvalue weighted by Gasteiger charge is -2.36. The molecule has 0 unspecified atom stereocenters. The lowest BCUT2D eigenvalue weighted by Crippen LogP contribution is -2.48. The van der Waals surface area contributed by atoms with Crippen molar-refractivity contribution in [3.8, 4) is 0 Å². The number of hydrogen-bond donors (Lipinski definition) is 1. The van der Waals surface area contributed by atoms with Crippen molar-refractivity contribution < 1.29 is 9.59 Å². The minimum absolute atomic E-state index is 0.465. The van der Waals surface area contributed by atoms with Gasteiger partial charge < -0.3 is 15.4 Å². The van der Waals surface area contributed by atoms with Gasteiger partial charge >= 0.3 is 0 Å². The van der Waals surface area contributed by atoms with Crippen LogP contribution in [0.4, 0.5) is 0 Å². The van der Waals surface area contributed by atoms with Crippen LogP contribution in [-0.2, 0) is 9.59 Å². The van der Waals surface area contributed by atoms with Crippen molar-refractivity contribution in [2.75, 3.05) is 19.6 Å². The van der Waals surface area contributed by atoms with Crippen molar-refractivity contribution in [2.24, 2.45) is 11.1 Å². The monoisotopic (exact) mass is 212 g/mol. The van der Waals surface area contributed by atoms with E-state index in [9.17, 15) is 9.59 Å². The topological polar surface area (TPSA) is 63.4 Å². The van der Waals surface area contributed by atoms with Crippen LogP contribution >= 0.6 is 0 Å². The van der Waals surface area contributed by atoms with E-state index in [0.29, 0.717) is 12.8 Å². The predicted molar refractivity (Wildman–Crippen MR) is 58.3 cm³/mol. The number of nitrogens with zero attached hydrogens (tertiary/aromatic N) is 1. The first kappa shape index (κ1) is 12.2. The molecule has 86 valence electrons. The second kappa shape index (κ2) is 5.26. The van der Waals surface area contributed by atoms with Gasteiger partial charge in [-0.1, -0.05) is 13.3 Å². The van der Waals surface area contributed by atoms with Crippen LogP contribution in [-0.4, -0.2) is 36.7 Å². The molecule has 1 aliphatic heterocycles. The summed E-state index contributed by atoms with van der Waals surface area (Å²) < 4.78 is 0. The van der Waals surface area contributed by atoms with Gasteiger partial charge in [0.15, 0.2) is 0 Å². The van der Waals surface area contributed by atoms with Gasteiger partial charge in [0.2, 0.25) is 5.91 Å². The summed E-state index contributed by atoms with van der Waals surface area (Å²) in [6.45, 7) is 4.83. The molecule has 1 amide bonds. The maximum Gasteiger partial charge on any atom is 0.230 e. The number of amides is 1. The summed E-state index contributed by atoms with van der Waals surface area (Å²) >= 11 is 0. The van der Waals surface area contributed by atoms with Gasteiger partial charge in [-0.15, -0.1) is 0 Å². The summed E-state index contributed by atoms with van der Waals surface area (Å²) in [5, 5.41) is 0. The van der Waals surface area contributed by atoms with E-state index in [1.165, 1.54) is 12.8 Å². The number of hydrogen-bond acceptors (Lipinski definition) is 3. The Morgan fingerprint density at radius 2 is 2.07 bits per heavy atom. The molecule has 1 fully saturated rings. The standard InChI is InChI=1S/C11H20N2O2/c1-2-3-6-13-7-4-11(9-14,5-8-13)10(12)15/h9H,2-8H2,1H3,(H2,12,15). The Kier molecular flexibility index (Phi) is 4.27. The van der Waals surface area contributed by atoms with Crippen molar-refractivity contribution in [1.29, 1.82) is 0 Å². The third-order valence-electron chi connectivity index (χ3n) is 3.29. The number of carbonyl (C=O) groups excluding carboxylic acids is 2. The minimum Gasteiger partial charge on any atom is -0.369 e. The third kappa shape index (κ3) is 2.78. The molecule has 1 rings (SSSR count). The van der Waals surface area contributed by atoms with E-state index in [4.69, 9.17) is 5.73 Å². The number of piperidine rings is 1. The molecule has 1 aliphatic rings. The van der Waals surface area contributed by atoms with Gasteiger partial charge in [-0.2, -0.15) is 0 Å². The minimum atomic E-state index is -0.886. The maximum atomic E-state index is 11.2. The second-order valence-electron chi connectivity index (χ2n) is 4.33. The van der Waals surface area contributed by atoms with Crippen molar-refractivity contribution in [3.63, 3.8) is 0 Å². The highest BCUT2D eigenvalue weighted by Gasteiger charge is 2.39. The maximum absolute atomic E-state index is 11.2. The fraction of sp³-hybridized carbons (Fsp3) is 0.818. The van der Waals surface area contributed by atoms with Gasteiger partial charge in [0.1, 0.15) is 11.7 Å². The number of rotatable bonds is 5. The zero-order valence-electron chi connectivity index (χ0n) is 9.37. The van der Waals surface area contributed by atoms with E-state index in [1.807, 2.05) is 0 Å². The van der Waals surface area contributed by atoms with Crippen molar-refractivity contribution in [3.05, 3.63) is 0 Å². The molecule has 2 N–H and O–H groups in total. The molecule has 0 saturated carbocycles. The molecule has 4 nitrogen and oxygen atoms in total. The normalized spacial score (nSPS) is 21.1. The third-order valence-corrected chi connectivity index (χ3v) is 3.29. The Bertz CT molecular complexity index is 233. The predicted octanol–water partition coefficient (Wildman–Crippen LogP) is 0.553. The van der Waals surface area contributed by atoms with E-state index in [1.54, 1.807) is 0 Å². The highest BCUT2D eigenvalue weighted by molar-refractivity contribution is 5.95. The summed E-state index contributed by atoms with van der Waals surface area (Å²) in [5.74, 6) is -0.465. The van der Waals surface area contributed by atoms with E-state index in [2.05, 4.69) is 11.8 Å². The van der Waals surface area contributed by atoms with Crippen LogP contribution < -0.4 is 5.73 Å². The Morgan fingerprint density at radius 1 is 1.47 bits per heavy atom. The molecule has 1 heterocycles. The van der Waals surface area contributed by atoms with E-state index >= 15 is 0 Å². The zero-order valence-corrected chi connectivity index (χ0v) is 9.37. The molecular weight excluding hydrogens is 192 g/mol. The van der Waals surface area contributed by atoms with E-state index in [-0.39, 0.29) is 0 Å². The first-order chi connectivity index (χ1) is 7.14. The highest BCUT2D eigenvalue weighted by atomic mass is 16.2. The Labute approximate surface area is 90.8 Å². The van der Waals surface area contributed by atoms with Crippen molar-refractivity contribution in [2.45, 2.75) is 32.6 Å². The first-order valence-electron chi connectivity index (χ1n) is 5.63. The van der Waals surface area contributed by atoms with Gasteiger partial charge in [-0.25, -0.2) is 0 Å². The van der Waals surface area contributed by atoms with Crippen molar-refractivity contribution in [1.82, 2.24) is 4.90 Å². The van der Waals surface area contributed by atoms with Crippen LogP contribution in [0.3, 0.4) is 0 Å². The summed E-state index contributed by atoms with van der Waals surface area (Å²) in [6, 6.07) is 0. The summed E-state index contributed by atoms with van der Waals surface area (Å²) in [7, 11) is 0. The number of unbranched alkanes of at least 4 members (excludes halogenated alkanes) is 1. The fourth-order valence-corrected chi connectivity index (χ4v) is 1.98. The average molecular weight is 212 g/mol. The second-order valence-corrected chi connectivity index (χ2v) is 4.33. The van der Waals surface area contributed by atoms with Crippen LogP contribution in [0.5, 0.6) is 0 Å². The van der Waals surface area contributed by atoms with Crippen LogP contribution in [0.1, 0.15) is 32.6 Å². The molecule has 15 heavy (non-hydrogen) atoms. The first-order valence-corrected chi connectivity index (χ1v) is 5.63. The zero-order chi connectivity index (χ0) is 11.3. The van der Waals surface area contributed by atoms with Gasteiger partial charge in [0.05, 0.1) is 0 Å². The SMILES string of the molecule is CCCCN1CCC(C=O)(C(N)=O)CC1. The van der Waals surface area contributed by atoms with E-state index in [0.717, 1.165) is 25.9 Å². The molecular formula is C11H20N2O2. The largest absolute Gasteiger partial charge is 0.369 e. The number of carbonyl (C=O) groups is 2. The quantitative estimate of drug-likeness (QED) is 0.535. The Balaban J connectivity index is 2.46. The number of likely N-dealkylation sites (tertiary alicyclic amines) is 1. The Morgan fingerprint density at radius 3 is 2.47 bits per heavy atom. The molecule has 0 aromatic carbocycles. The molecule has 4 heteroatoms. The van der Waals surface area contributed by atoms with Crippen molar-refractivity contribution >= 4 is 12.2 Å². The molecule has 0 radical (unpaired) electrons. The smallest absolute Gasteiger partial charge is 0.230 e. The lowest BCUT2D eigenvalue weighted by molar-refractivity contribution is -0.137. The number of aldehydes is 1. The molecule has 0 aromatic heterocycles. The molecule has 1 saturated heterocycles. The van der Waals surface area contributed by atoms with Crippen LogP contribution in [0.2, 0.25) is 0 Å². The van der Waals surface area contributed by atoms with Gasteiger partial charge in [0, 0.05) is 0 Å². The summed E-state index contributed by atoms with van der Waals surface area (Å²) in [5.41, 5.74) is 4.38. The van der Waals surface area contributed by atoms with Crippen LogP contribution in [0, 0.1) is 5.41 Å². The van der Waals surface area contributed by atoms with Gasteiger partial charge in [0.25, 0.3) is 0 Å². The molecule has 0 spiro atoms. The highest BCUT2D eigenvalue weighted by Crippen LogP contribution is 2.28.